The van der Waals surface area contributed by atoms with Gasteiger partial charge < -0.3 is 4.74 Å². The lowest BCUT2D eigenvalue weighted by molar-refractivity contribution is 0.242. The van der Waals surface area contributed by atoms with Crippen LogP contribution in [0.15, 0.2) is 17.1 Å². The third-order valence-corrected chi connectivity index (χ3v) is 3.46. The first-order valence-corrected chi connectivity index (χ1v) is 7.27. The van der Waals surface area contributed by atoms with Gasteiger partial charge in [0.05, 0.1) is 23.4 Å². The van der Waals surface area contributed by atoms with Crippen molar-refractivity contribution in [1.29, 1.82) is 0 Å². The molecule has 0 aliphatic carbocycles. The molecular weight excluding hydrogens is 324 g/mol. The molecule has 1 aromatic carbocycles. The van der Waals surface area contributed by atoms with E-state index in [1.54, 1.807) is 11.8 Å². The number of thioether (sulfide) groups is 1. The van der Waals surface area contributed by atoms with Gasteiger partial charge in [0.2, 0.25) is 0 Å². The van der Waals surface area contributed by atoms with Gasteiger partial charge in [-0.2, -0.15) is 0 Å². The van der Waals surface area contributed by atoms with Gasteiger partial charge >= 0.3 is 0 Å². The summed E-state index contributed by atoms with van der Waals surface area (Å²) >= 11 is 7.51. The van der Waals surface area contributed by atoms with Gasteiger partial charge in [-0.1, -0.05) is 23.4 Å². The van der Waals surface area contributed by atoms with Crippen LogP contribution in [0.25, 0.3) is 0 Å². The minimum Gasteiger partial charge on any atom is -0.489 e. The molecular formula is C12H16Cl2FN3OS. The molecule has 8 heteroatoms. The third-order valence-electron chi connectivity index (χ3n) is 2.27. The first kappa shape index (κ1) is 17.2. The topological polar surface area (TPSA) is 45.6 Å². The van der Waals surface area contributed by atoms with Crippen LogP contribution in [0.3, 0.4) is 0 Å². The normalized spacial score (nSPS) is 13.8. The van der Waals surface area contributed by atoms with E-state index in [0.29, 0.717) is 5.75 Å². The molecule has 1 aromatic rings. The van der Waals surface area contributed by atoms with Crippen molar-refractivity contribution in [1.82, 2.24) is 5.43 Å². The molecule has 0 spiro atoms. The third kappa shape index (κ3) is 4.61. The van der Waals surface area contributed by atoms with E-state index in [-0.39, 0.29) is 29.2 Å². The number of aliphatic imine (C=N–C) groups is 1. The quantitative estimate of drug-likeness (QED) is 0.821. The lowest BCUT2D eigenvalue weighted by Gasteiger charge is -2.15. The average molecular weight is 340 g/mol. The Bertz CT molecular complexity index is 500. The smallest absolute Gasteiger partial charge is 0.175 e. The highest BCUT2D eigenvalue weighted by Gasteiger charge is 2.12. The fourth-order valence-electron chi connectivity index (χ4n) is 1.50. The highest BCUT2D eigenvalue weighted by atomic mass is 35.5. The number of hydrogen-bond donors (Lipinski definition) is 2. The Morgan fingerprint density at radius 3 is 2.75 bits per heavy atom. The number of amidine groups is 1. The molecule has 0 amide bonds. The second-order valence-corrected chi connectivity index (χ2v) is 5.71. The van der Waals surface area contributed by atoms with Crippen molar-refractivity contribution in [3.8, 4) is 5.75 Å². The maximum Gasteiger partial charge on any atom is 0.175 e. The van der Waals surface area contributed by atoms with Crippen molar-refractivity contribution in [2.75, 3.05) is 17.7 Å². The largest absolute Gasteiger partial charge is 0.489 e. The van der Waals surface area contributed by atoms with Gasteiger partial charge in [0.25, 0.3) is 0 Å². The summed E-state index contributed by atoms with van der Waals surface area (Å²) in [7, 11) is 0. The second kappa shape index (κ2) is 7.81. The van der Waals surface area contributed by atoms with E-state index in [2.05, 4.69) is 15.8 Å². The zero-order valence-electron chi connectivity index (χ0n) is 11.1. The van der Waals surface area contributed by atoms with Crippen LogP contribution in [0, 0.1) is 5.82 Å². The lowest BCUT2D eigenvalue weighted by Crippen LogP contribution is -2.26. The lowest BCUT2D eigenvalue weighted by atomic mass is 10.3. The molecule has 0 fully saturated rings. The molecule has 2 rings (SSSR count). The molecule has 4 nitrogen and oxygen atoms in total. The number of nitrogens with zero attached hydrogens (tertiary/aromatic N) is 1. The molecule has 20 heavy (non-hydrogen) atoms. The number of hydrogen-bond acceptors (Lipinski definition) is 5. The van der Waals surface area contributed by atoms with E-state index in [1.165, 1.54) is 12.1 Å². The van der Waals surface area contributed by atoms with Crippen LogP contribution in [0.4, 0.5) is 10.1 Å². The molecule has 1 aliphatic rings. The zero-order chi connectivity index (χ0) is 13.8. The van der Waals surface area contributed by atoms with Crippen LogP contribution >= 0.6 is 35.8 Å². The van der Waals surface area contributed by atoms with Crippen molar-refractivity contribution in [2.24, 2.45) is 4.99 Å². The minimum absolute atomic E-state index is 0. The van der Waals surface area contributed by atoms with Gasteiger partial charge in [-0.25, -0.2) is 4.39 Å². The summed E-state index contributed by atoms with van der Waals surface area (Å²) in [6.45, 7) is 4.55. The van der Waals surface area contributed by atoms with Gasteiger partial charge in [0.15, 0.2) is 5.17 Å². The van der Waals surface area contributed by atoms with Gasteiger partial charge in [0, 0.05) is 11.8 Å². The molecule has 1 aliphatic heterocycles. The van der Waals surface area contributed by atoms with Crippen molar-refractivity contribution in [2.45, 2.75) is 20.0 Å². The predicted molar refractivity (Wildman–Crippen MR) is 85.9 cm³/mol. The molecule has 0 bridgehead atoms. The predicted octanol–water partition coefficient (Wildman–Crippen LogP) is 3.71. The summed E-state index contributed by atoms with van der Waals surface area (Å²) in [5.41, 5.74) is 5.92. The van der Waals surface area contributed by atoms with E-state index >= 15 is 0 Å². The second-order valence-electron chi connectivity index (χ2n) is 4.21. The van der Waals surface area contributed by atoms with Gasteiger partial charge in [-0.05, 0) is 19.9 Å². The molecule has 0 saturated carbocycles. The van der Waals surface area contributed by atoms with Crippen LogP contribution in [-0.4, -0.2) is 23.6 Å². The Labute approximate surface area is 132 Å². The van der Waals surface area contributed by atoms with Gasteiger partial charge in [0.1, 0.15) is 11.6 Å². The molecule has 2 N–H and O–H groups in total. The van der Waals surface area contributed by atoms with Crippen LogP contribution in [0.1, 0.15) is 13.8 Å². The molecule has 1 heterocycles. The van der Waals surface area contributed by atoms with E-state index in [1.807, 2.05) is 13.8 Å². The van der Waals surface area contributed by atoms with Crippen molar-refractivity contribution in [3.05, 3.63) is 23.0 Å². The number of halogens is 3. The summed E-state index contributed by atoms with van der Waals surface area (Å²) in [4.78, 5) is 4.20. The van der Waals surface area contributed by atoms with Gasteiger partial charge in [-0.3, -0.25) is 15.8 Å². The summed E-state index contributed by atoms with van der Waals surface area (Å²) < 4.78 is 19.3. The summed E-state index contributed by atoms with van der Waals surface area (Å²) in [6.07, 6.45) is -0.0291. The molecule has 0 radical (unpaired) electrons. The van der Waals surface area contributed by atoms with E-state index in [0.717, 1.165) is 17.5 Å². The van der Waals surface area contributed by atoms with Crippen molar-refractivity contribution in [3.63, 3.8) is 0 Å². The fourth-order valence-corrected chi connectivity index (χ4v) is 2.38. The summed E-state index contributed by atoms with van der Waals surface area (Å²) in [5, 5.41) is 1.00. The highest BCUT2D eigenvalue weighted by molar-refractivity contribution is 8.14. The van der Waals surface area contributed by atoms with Crippen molar-refractivity contribution < 1.29 is 9.13 Å². The minimum atomic E-state index is -0.447. The SMILES string of the molecule is CC(C)Oc1cc(NNC2=NCCS2)c(F)cc1Cl.Cl. The van der Waals surface area contributed by atoms with E-state index in [4.69, 9.17) is 16.3 Å². The highest BCUT2D eigenvalue weighted by Crippen LogP contribution is 2.31. The number of anilines is 1. The fraction of sp³-hybridized carbons (Fsp3) is 0.417. The van der Waals surface area contributed by atoms with Crippen LogP contribution < -0.4 is 15.6 Å². The van der Waals surface area contributed by atoms with Crippen LogP contribution in [0.5, 0.6) is 5.75 Å². The molecule has 0 atom stereocenters. The van der Waals surface area contributed by atoms with Crippen LogP contribution in [0.2, 0.25) is 5.02 Å². The maximum atomic E-state index is 13.8. The molecule has 0 unspecified atom stereocenters. The standard InChI is InChI=1S/C12H15ClFN3OS.ClH/c1-7(2)18-11-6-10(9(14)5-8(11)13)16-17-12-15-3-4-19-12;/h5-7,16H,3-4H2,1-2H3,(H,15,17);1H. The summed E-state index contributed by atoms with van der Waals surface area (Å²) in [6, 6.07) is 2.76. The van der Waals surface area contributed by atoms with E-state index in [9.17, 15) is 4.39 Å². The number of benzene rings is 1. The molecule has 112 valence electrons. The Morgan fingerprint density at radius 1 is 1.40 bits per heavy atom. The molecule has 0 aromatic heterocycles. The Hall–Kier alpha value is -0.850. The Morgan fingerprint density at radius 2 is 2.15 bits per heavy atom. The van der Waals surface area contributed by atoms with Gasteiger partial charge in [-0.15, -0.1) is 12.4 Å². The Kier molecular flexibility index (Phi) is 6.71. The maximum absolute atomic E-state index is 13.8. The zero-order valence-corrected chi connectivity index (χ0v) is 13.5. The number of nitrogens with one attached hydrogen (secondary N) is 2. The van der Waals surface area contributed by atoms with Crippen molar-refractivity contribution >= 4 is 46.6 Å². The first-order valence-electron chi connectivity index (χ1n) is 5.91. The first-order chi connectivity index (χ1) is 9.06. The monoisotopic (exact) mass is 339 g/mol. The average Bonchev–Trinajstić information content (AvgIpc) is 2.83. The molecule has 0 saturated heterocycles. The number of ether oxygens (including phenoxy) is 1. The Balaban J connectivity index is 0.00000200. The summed E-state index contributed by atoms with van der Waals surface area (Å²) in [5.74, 6) is 0.940. The number of hydrazine groups is 1. The van der Waals surface area contributed by atoms with Crippen LogP contribution in [-0.2, 0) is 0 Å². The van der Waals surface area contributed by atoms with E-state index < -0.39 is 5.82 Å². The number of rotatable bonds is 4.